The fourth-order valence-electron chi connectivity index (χ4n) is 0.228. The van der Waals surface area contributed by atoms with E-state index in [1.807, 2.05) is 0 Å². The predicted octanol–water partition coefficient (Wildman–Crippen LogP) is -3.20. The zero-order chi connectivity index (χ0) is 8.20. The zero-order valence-electron chi connectivity index (χ0n) is 5.67. The molecule has 6 nitrogen and oxygen atoms in total. The van der Waals surface area contributed by atoms with Crippen molar-refractivity contribution in [1.82, 2.24) is 0 Å². The van der Waals surface area contributed by atoms with Gasteiger partial charge in [-0.1, -0.05) is 0 Å². The number of phosphoric acid groups is 1. The molecule has 1 unspecified atom stereocenters. The zero-order valence-corrected chi connectivity index (χ0v) is 8.78. The van der Waals surface area contributed by atoms with Crippen LogP contribution in [0.3, 0.4) is 0 Å². The van der Waals surface area contributed by atoms with Crippen LogP contribution in [-0.4, -0.2) is 66.8 Å². The van der Waals surface area contributed by atoms with Crippen molar-refractivity contribution in [3.8, 4) is 0 Å². The van der Waals surface area contributed by atoms with Gasteiger partial charge in [0.05, 0.1) is 0 Å². The normalized spacial score (nSPS) is 13.8. The third kappa shape index (κ3) is 11.3. The molecule has 0 aliphatic rings. The molecule has 0 aromatic carbocycles. The molecule has 0 fully saturated rings. The third-order valence-electron chi connectivity index (χ3n) is 0.614. The van der Waals surface area contributed by atoms with Crippen molar-refractivity contribution in [2.75, 3.05) is 13.2 Å². The van der Waals surface area contributed by atoms with Crippen molar-refractivity contribution < 1.29 is 29.1 Å². The van der Waals surface area contributed by atoms with Gasteiger partial charge in [-0.25, -0.2) is 4.57 Å². The van der Waals surface area contributed by atoms with E-state index < -0.39 is 27.1 Å². The molecule has 0 heterocycles. The van der Waals surface area contributed by atoms with Crippen LogP contribution in [0.1, 0.15) is 0 Å². The molecule has 0 aromatic heterocycles. The van der Waals surface area contributed by atoms with E-state index in [2.05, 4.69) is 4.52 Å². The second-order valence-electron chi connectivity index (χ2n) is 1.58. The van der Waals surface area contributed by atoms with Crippen LogP contribution in [-0.2, 0) is 9.09 Å². The standard InChI is InChI=1S/C3H7O6P.Ca/c4-1-3(5)2-9-10(6,7)8;/h3H,1-2H2,(H2,6,7,8);/q-2;+2. The minimum atomic E-state index is -4.57. The van der Waals surface area contributed by atoms with E-state index in [0.29, 0.717) is 0 Å². The summed E-state index contributed by atoms with van der Waals surface area (Å²) in [7, 11) is -4.57. The largest absolute Gasteiger partial charge is 2.00 e. The van der Waals surface area contributed by atoms with Gasteiger partial charge in [0.15, 0.2) is 0 Å². The molecule has 0 spiro atoms. The molecular weight excluding hydrogens is 203 g/mol. The Hall–Kier alpha value is 1.29. The molecule has 11 heavy (non-hydrogen) atoms. The van der Waals surface area contributed by atoms with Gasteiger partial charge in [0.25, 0.3) is 0 Å². The van der Waals surface area contributed by atoms with Gasteiger partial charge in [-0.2, -0.15) is 6.61 Å². The van der Waals surface area contributed by atoms with Crippen LogP contribution in [0.15, 0.2) is 0 Å². The van der Waals surface area contributed by atoms with Crippen LogP contribution < -0.4 is 10.2 Å². The molecule has 0 aromatic rings. The molecule has 2 N–H and O–H groups in total. The average molecular weight is 210 g/mol. The van der Waals surface area contributed by atoms with Gasteiger partial charge < -0.3 is 20.0 Å². The van der Waals surface area contributed by atoms with Gasteiger partial charge in [0.2, 0.25) is 0 Å². The quantitative estimate of drug-likeness (QED) is 0.373. The average Bonchev–Trinajstić information content (AvgIpc) is 1.81. The van der Waals surface area contributed by atoms with E-state index in [-0.39, 0.29) is 37.7 Å². The summed E-state index contributed by atoms with van der Waals surface area (Å²) >= 11 is 0. The maximum absolute atomic E-state index is 10.2. The van der Waals surface area contributed by atoms with Crippen LogP contribution in [0.2, 0.25) is 0 Å². The number of hydrogen-bond donors (Lipinski definition) is 2. The van der Waals surface area contributed by atoms with E-state index in [9.17, 15) is 14.8 Å². The minimum Gasteiger partial charge on any atom is -0.855 e. The summed E-state index contributed by atoms with van der Waals surface area (Å²) in [6.45, 7) is -1.69. The Kier molecular flexibility index (Phi) is 9.10. The first-order valence-corrected chi connectivity index (χ1v) is 3.92. The van der Waals surface area contributed by atoms with Crippen molar-refractivity contribution >= 4 is 45.6 Å². The van der Waals surface area contributed by atoms with E-state index in [0.717, 1.165) is 0 Å². The summed E-state index contributed by atoms with van der Waals surface area (Å²) in [5, 5.41) is 19.9. The van der Waals surface area contributed by atoms with E-state index in [1.54, 1.807) is 0 Å². The molecule has 0 bridgehead atoms. The molecule has 0 saturated heterocycles. The van der Waals surface area contributed by atoms with Gasteiger partial charge in [-0.3, -0.25) is 4.52 Å². The third-order valence-corrected chi connectivity index (χ3v) is 1.10. The Labute approximate surface area is 93.4 Å². The summed E-state index contributed by atoms with van der Waals surface area (Å²) < 4.78 is 13.6. The molecule has 1 atom stereocenters. The van der Waals surface area contributed by atoms with Crippen LogP contribution in [0.4, 0.5) is 0 Å². The molecule has 0 aliphatic heterocycles. The second kappa shape index (κ2) is 6.77. The SMILES string of the molecule is O=P(O)(O)OCC([O-])C[O-].[Ca+2]. The molecule has 0 rings (SSSR count). The van der Waals surface area contributed by atoms with E-state index in [4.69, 9.17) is 9.79 Å². The fraction of sp³-hybridized carbons (Fsp3) is 1.00. The smallest absolute Gasteiger partial charge is 0.855 e. The van der Waals surface area contributed by atoms with Crippen molar-refractivity contribution in [3.63, 3.8) is 0 Å². The van der Waals surface area contributed by atoms with Crippen molar-refractivity contribution in [2.45, 2.75) is 6.10 Å². The summed E-state index contributed by atoms with van der Waals surface area (Å²) in [4.78, 5) is 16.0. The topological polar surface area (TPSA) is 113 Å². The molecule has 62 valence electrons. The number of hydrogen-bond acceptors (Lipinski definition) is 4. The fourth-order valence-corrected chi connectivity index (χ4v) is 0.589. The van der Waals surface area contributed by atoms with Crippen LogP contribution in [0, 0.1) is 0 Å². The van der Waals surface area contributed by atoms with Gasteiger partial charge >= 0.3 is 45.6 Å². The summed E-state index contributed by atoms with van der Waals surface area (Å²) in [6.07, 6.45) is -1.60. The first-order chi connectivity index (χ1) is 4.45. The maximum atomic E-state index is 10.2. The van der Waals surface area contributed by atoms with Gasteiger partial charge in [0, 0.05) is 6.61 Å². The Bertz CT molecular complexity index is 134. The Balaban J connectivity index is 0. The minimum absolute atomic E-state index is 0. The monoisotopic (exact) mass is 210 g/mol. The van der Waals surface area contributed by atoms with Gasteiger partial charge in [-0.15, -0.1) is 6.10 Å². The van der Waals surface area contributed by atoms with Crippen LogP contribution in [0.5, 0.6) is 0 Å². The number of phosphoric ester groups is 1. The molecule has 0 radical (unpaired) electrons. The molecule has 0 saturated carbocycles. The maximum Gasteiger partial charge on any atom is 2.00 e. The summed E-state index contributed by atoms with van der Waals surface area (Å²) in [5.74, 6) is 0. The van der Waals surface area contributed by atoms with Gasteiger partial charge in [0.1, 0.15) is 0 Å². The second-order valence-corrected chi connectivity index (χ2v) is 2.81. The van der Waals surface area contributed by atoms with Gasteiger partial charge in [-0.05, 0) is 0 Å². The Morgan fingerprint density at radius 3 is 2.27 bits per heavy atom. The number of rotatable bonds is 4. The van der Waals surface area contributed by atoms with Crippen LogP contribution in [0.25, 0.3) is 0 Å². The van der Waals surface area contributed by atoms with Crippen molar-refractivity contribution in [2.24, 2.45) is 0 Å². The summed E-state index contributed by atoms with van der Waals surface area (Å²) in [5.41, 5.74) is 0. The van der Waals surface area contributed by atoms with Crippen molar-refractivity contribution in [1.29, 1.82) is 0 Å². The predicted molar refractivity (Wildman–Crippen MR) is 32.4 cm³/mol. The first kappa shape index (κ1) is 14.8. The molecule has 0 aliphatic carbocycles. The van der Waals surface area contributed by atoms with Crippen molar-refractivity contribution in [3.05, 3.63) is 0 Å². The summed E-state index contributed by atoms with van der Waals surface area (Å²) in [6, 6.07) is 0. The Morgan fingerprint density at radius 2 is 2.00 bits per heavy atom. The van der Waals surface area contributed by atoms with E-state index >= 15 is 0 Å². The molecule has 8 heteroatoms. The van der Waals surface area contributed by atoms with E-state index in [1.165, 1.54) is 0 Å². The molecule has 0 amide bonds. The Morgan fingerprint density at radius 1 is 1.55 bits per heavy atom. The first-order valence-electron chi connectivity index (χ1n) is 2.39. The van der Waals surface area contributed by atoms with Crippen LogP contribution >= 0.6 is 7.82 Å². The molecular formula is C3H7CaO6P.